The highest BCUT2D eigenvalue weighted by Gasteiger charge is 2.25. The van der Waals surface area contributed by atoms with E-state index in [9.17, 15) is 8.42 Å². The molecule has 142 valence electrons. The molecule has 3 aromatic rings. The van der Waals surface area contributed by atoms with E-state index in [0.717, 1.165) is 4.88 Å². The number of benzene rings is 1. The van der Waals surface area contributed by atoms with Crippen LogP contribution in [0.1, 0.15) is 11.5 Å². The summed E-state index contributed by atoms with van der Waals surface area (Å²) in [6.45, 7) is 2.74. The van der Waals surface area contributed by atoms with Gasteiger partial charge in [-0.05, 0) is 30.5 Å². The Hall–Kier alpha value is -2.36. The second-order valence-electron chi connectivity index (χ2n) is 6.07. The summed E-state index contributed by atoms with van der Waals surface area (Å²) in [6.07, 6.45) is 0. The van der Waals surface area contributed by atoms with Crippen molar-refractivity contribution in [2.24, 2.45) is 0 Å². The van der Waals surface area contributed by atoms with Gasteiger partial charge in [0, 0.05) is 13.1 Å². The number of nitrogens with zero attached hydrogens (tertiary/aromatic N) is 2. The van der Waals surface area contributed by atoms with Crippen molar-refractivity contribution < 1.29 is 22.3 Å². The van der Waals surface area contributed by atoms with E-state index in [1.807, 2.05) is 17.5 Å². The number of rotatable bonds is 5. The van der Waals surface area contributed by atoms with Gasteiger partial charge in [0.1, 0.15) is 19.0 Å². The Kier molecular flexibility index (Phi) is 4.67. The minimum Gasteiger partial charge on any atom is -0.486 e. The molecule has 2 aromatic heterocycles. The van der Waals surface area contributed by atoms with Crippen molar-refractivity contribution in [2.75, 3.05) is 20.3 Å². The van der Waals surface area contributed by atoms with E-state index in [1.54, 1.807) is 13.0 Å². The molecule has 0 saturated carbocycles. The topological polar surface area (TPSA) is 81.9 Å². The predicted molar refractivity (Wildman–Crippen MR) is 101 cm³/mol. The van der Waals surface area contributed by atoms with Crippen molar-refractivity contribution in [1.29, 1.82) is 0 Å². The van der Waals surface area contributed by atoms with Crippen LogP contribution in [0.2, 0.25) is 0 Å². The quantitative estimate of drug-likeness (QED) is 0.647. The molecule has 0 aliphatic carbocycles. The molecular formula is C18H18N2O5S2. The summed E-state index contributed by atoms with van der Waals surface area (Å²) in [6, 6.07) is 8.46. The average molecular weight is 406 g/mol. The number of oxazole rings is 1. The Bertz CT molecular complexity index is 1060. The van der Waals surface area contributed by atoms with Gasteiger partial charge in [-0.3, -0.25) is 0 Å². The Morgan fingerprint density at radius 2 is 1.96 bits per heavy atom. The van der Waals surface area contributed by atoms with Crippen LogP contribution >= 0.6 is 11.3 Å². The van der Waals surface area contributed by atoms with Crippen LogP contribution < -0.4 is 9.47 Å². The number of aromatic nitrogens is 1. The first-order valence-corrected chi connectivity index (χ1v) is 10.6. The zero-order chi connectivity index (χ0) is 19.0. The number of ether oxygens (including phenoxy) is 2. The van der Waals surface area contributed by atoms with Gasteiger partial charge in [0.15, 0.2) is 11.5 Å². The van der Waals surface area contributed by atoms with E-state index >= 15 is 0 Å². The van der Waals surface area contributed by atoms with Crippen LogP contribution in [-0.4, -0.2) is 38.0 Å². The van der Waals surface area contributed by atoms with Crippen molar-refractivity contribution in [2.45, 2.75) is 18.4 Å². The lowest BCUT2D eigenvalue weighted by Crippen LogP contribution is -2.27. The molecule has 0 amide bonds. The Morgan fingerprint density at radius 3 is 2.70 bits per heavy atom. The summed E-state index contributed by atoms with van der Waals surface area (Å²) < 4.78 is 43.8. The fourth-order valence-corrected chi connectivity index (χ4v) is 4.54. The van der Waals surface area contributed by atoms with Crippen LogP contribution in [0, 0.1) is 6.92 Å². The Balaban J connectivity index is 1.58. The molecule has 0 spiro atoms. The van der Waals surface area contributed by atoms with Gasteiger partial charge in [-0.1, -0.05) is 6.07 Å². The zero-order valence-electron chi connectivity index (χ0n) is 14.8. The van der Waals surface area contributed by atoms with Gasteiger partial charge in [-0.25, -0.2) is 13.4 Å². The van der Waals surface area contributed by atoms with Gasteiger partial charge in [-0.2, -0.15) is 4.31 Å². The molecule has 9 heteroatoms. The normalized spacial score (nSPS) is 13.9. The Morgan fingerprint density at radius 1 is 1.19 bits per heavy atom. The van der Waals surface area contributed by atoms with E-state index in [2.05, 4.69) is 4.98 Å². The average Bonchev–Trinajstić information content (AvgIpc) is 3.31. The molecule has 1 aliphatic rings. The van der Waals surface area contributed by atoms with Crippen molar-refractivity contribution in [3.63, 3.8) is 0 Å². The Labute approximate surface area is 161 Å². The first-order chi connectivity index (χ1) is 12.9. The maximum Gasteiger partial charge on any atom is 0.243 e. The van der Waals surface area contributed by atoms with Crippen molar-refractivity contribution in [3.05, 3.63) is 47.2 Å². The maximum absolute atomic E-state index is 12.9. The molecule has 0 radical (unpaired) electrons. The second kappa shape index (κ2) is 6.99. The number of hydrogen-bond donors (Lipinski definition) is 0. The minimum atomic E-state index is -3.71. The molecule has 3 heterocycles. The summed E-state index contributed by atoms with van der Waals surface area (Å²) in [5.41, 5.74) is 0.585. The number of sulfonamides is 1. The summed E-state index contributed by atoms with van der Waals surface area (Å²) in [5.74, 6) is 2.09. The summed E-state index contributed by atoms with van der Waals surface area (Å²) in [4.78, 5) is 5.51. The third-order valence-corrected chi connectivity index (χ3v) is 6.88. The molecule has 27 heavy (non-hydrogen) atoms. The first kappa shape index (κ1) is 18.0. The molecule has 0 atom stereocenters. The third kappa shape index (κ3) is 3.45. The van der Waals surface area contributed by atoms with Crippen LogP contribution in [0.25, 0.3) is 10.8 Å². The smallest absolute Gasteiger partial charge is 0.243 e. The standard InChI is InChI=1S/C18H18N2O5S2/c1-12-14(19-18(25-12)17-4-3-9-26-17)11-20(2)27(21,22)13-5-6-15-16(10-13)24-8-7-23-15/h3-6,9-10H,7-8,11H2,1-2H3. The van der Waals surface area contributed by atoms with Gasteiger partial charge < -0.3 is 13.9 Å². The van der Waals surface area contributed by atoms with Gasteiger partial charge >= 0.3 is 0 Å². The summed E-state index contributed by atoms with van der Waals surface area (Å²) >= 11 is 1.52. The maximum atomic E-state index is 12.9. The van der Waals surface area contributed by atoms with Gasteiger partial charge in [0.25, 0.3) is 0 Å². The van der Waals surface area contributed by atoms with Gasteiger partial charge in [-0.15, -0.1) is 11.3 Å². The van der Waals surface area contributed by atoms with Crippen molar-refractivity contribution >= 4 is 21.4 Å². The lowest BCUT2D eigenvalue weighted by molar-refractivity contribution is 0.171. The first-order valence-electron chi connectivity index (χ1n) is 8.31. The van der Waals surface area contributed by atoms with Crippen LogP contribution in [0.4, 0.5) is 0 Å². The lowest BCUT2D eigenvalue weighted by Gasteiger charge is -2.21. The summed E-state index contributed by atoms with van der Waals surface area (Å²) in [7, 11) is -2.19. The number of thiophene rings is 1. The number of fused-ring (bicyclic) bond motifs is 1. The lowest BCUT2D eigenvalue weighted by atomic mass is 10.3. The fraction of sp³-hybridized carbons (Fsp3) is 0.278. The van der Waals surface area contributed by atoms with E-state index < -0.39 is 10.0 Å². The molecule has 0 unspecified atom stereocenters. The molecule has 7 nitrogen and oxygen atoms in total. The molecule has 1 aliphatic heterocycles. The number of hydrogen-bond acceptors (Lipinski definition) is 7. The van der Waals surface area contributed by atoms with E-state index in [-0.39, 0.29) is 11.4 Å². The van der Waals surface area contributed by atoms with Crippen molar-refractivity contribution in [3.8, 4) is 22.3 Å². The molecule has 1 aromatic carbocycles. The number of aryl methyl sites for hydroxylation is 1. The highest BCUT2D eigenvalue weighted by Crippen LogP contribution is 2.33. The third-order valence-electron chi connectivity index (χ3n) is 4.22. The van der Waals surface area contributed by atoms with Crippen LogP contribution in [-0.2, 0) is 16.6 Å². The van der Waals surface area contributed by atoms with Gasteiger partial charge in [0.05, 0.1) is 22.0 Å². The molecule has 4 rings (SSSR count). The zero-order valence-corrected chi connectivity index (χ0v) is 16.5. The SMILES string of the molecule is Cc1oc(-c2cccs2)nc1CN(C)S(=O)(=O)c1ccc2c(c1)OCCO2. The van der Waals surface area contributed by atoms with Crippen LogP contribution in [0.3, 0.4) is 0 Å². The molecule has 0 bridgehead atoms. The highest BCUT2D eigenvalue weighted by atomic mass is 32.2. The van der Waals surface area contributed by atoms with E-state index in [4.69, 9.17) is 13.9 Å². The van der Waals surface area contributed by atoms with E-state index in [0.29, 0.717) is 42.1 Å². The van der Waals surface area contributed by atoms with Crippen LogP contribution in [0.5, 0.6) is 11.5 Å². The summed E-state index contributed by atoms with van der Waals surface area (Å²) in [5, 5.41) is 1.94. The molecule has 0 saturated heterocycles. The second-order valence-corrected chi connectivity index (χ2v) is 9.06. The van der Waals surface area contributed by atoms with Crippen LogP contribution in [0.15, 0.2) is 45.0 Å². The minimum absolute atomic E-state index is 0.109. The predicted octanol–water partition coefficient (Wildman–Crippen LogP) is 3.30. The van der Waals surface area contributed by atoms with E-state index in [1.165, 1.54) is 34.8 Å². The highest BCUT2D eigenvalue weighted by molar-refractivity contribution is 7.89. The largest absolute Gasteiger partial charge is 0.486 e. The molecular weight excluding hydrogens is 388 g/mol. The van der Waals surface area contributed by atoms with Gasteiger partial charge in [0.2, 0.25) is 15.9 Å². The molecule has 0 fully saturated rings. The molecule has 0 N–H and O–H groups in total. The monoisotopic (exact) mass is 406 g/mol. The fourth-order valence-electron chi connectivity index (χ4n) is 2.74. The van der Waals surface area contributed by atoms with Crippen molar-refractivity contribution in [1.82, 2.24) is 9.29 Å².